The summed E-state index contributed by atoms with van der Waals surface area (Å²) in [6.07, 6.45) is 0. The van der Waals surface area contributed by atoms with Gasteiger partial charge in [0.2, 0.25) is 6.79 Å². The van der Waals surface area contributed by atoms with E-state index in [0.717, 1.165) is 17.1 Å². The lowest BCUT2D eigenvalue weighted by Crippen LogP contribution is -2.37. The summed E-state index contributed by atoms with van der Waals surface area (Å²) < 4.78 is 10.7. The van der Waals surface area contributed by atoms with Crippen LogP contribution < -0.4 is 14.8 Å². The van der Waals surface area contributed by atoms with Gasteiger partial charge in [0.15, 0.2) is 11.5 Å². The highest BCUT2D eigenvalue weighted by atomic mass is 16.7. The van der Waals surface area contributed by atoms with E-state index in [4.69, 9.17) is 9.47 Å². The molecule has 1 aromatic rings. The van der Waals surface area contributed by atoms with Gasteiger partial charge < -0.3 is 25.0 Å². The van der Waals surface area contributed by atoms with Crippen LogP contribution in [0.4, 0.5) is 0 Å². The summed E-state index contributed by atoms with van der Waals surface area (Å²) in [7, 11) is 0. The number of hydrogen-bond acceptors (Lipinski definition) is 5. The largest absolute Gasteiger partial charge is 0.454 e. The molecule has 18 heavy (non-hydrogen) atoms. The van der Waals surface area contributed by atoms with Crippen LogP contribution in [0.25, 0.3) is 0 Å². The third-order valence-electron chi connectivity index (χ3n) is 3.11. The van der Waals surface area contributed by atoms with Crippen molar-refractivity contribution in [2.45, 2.75) is 13.5 Å². The minimum atomic E-state index is -0.505. The fourth-order valence-electron chi connectivity index (χ4n) is 1.79. The van der Waals surface area contributed by atoms with Gasteiger partial charge in [0.1, 0.15) is 0 Å². The Kier molecular flexibility index (Phi) is 4.06. The molecule has 5 heteroatoms. The standard InChI is InChI=1S/C13H19NO4/c1-13(7-15,8-16)6-14-5-10-3-2-4-11-12(10)18-9-17-11/h2-4,14-16H,5-9H2,1H3. The summed E-state index contributed by atoms with van der Waals surface area (Å²) in [5, 5.41) is 21.6. The molecule has 1 aromatic carbocycles. The second kappa shape index (κ2) is 5.56. The fraction of sp³-hybridized carbons (Fsp3) is 0.538. The van der Waals surface area contributed by atoms with E-state index in [0.29, 0.717) is 13.1 Å². The highest BCUT2D eigenvalue weighted by molar-refractivity contribution is 5.48. The molecular weight excluding hydrogens is 234 g/mol. The van der Waals surface area contributed by atoms with Gasteiger partial charge in [0.05, 0.1) is 13.2 Å². The van der Waals surface area contributed by atoms with E-state index in [1.54, 1.807) is 0 Å². The molecule has 1 aliphatic rings. The molecule has 0 aliphatic carbocycles. The number of ether oxygens (including phenoxy) is 2. The maximum atomic E-state index is 9.19. The van der Waals surface area contributed by atoms with Crippen molar-refractivity contribution in [2.24, 2.45) is 5.41 Å². The molecule has 0 aromatic heterocycles. The van der Waals surface area contributed by atoms with Crippen LogP contribution in [0, 0.1) is 5.41 Å². The van der Waals surface area contributed by atoms with Crippen molar-refractivity contribution in [3.05, 3.63) is 23.8 Å². The quantitative estimate of drug-likeness (QED) is 0.688. The maximum absolute atomic E-state index is 9.19. The molecule has 0 radical (unpaired) electrons. The Bertz CT molecular complexity index is 404. The number of hydrogen-bond donors (Lipinski definition) is 3. The van der Waals surface area contributed by atoms with Gasteiger partial charge in [0.25, 0.3) is 0 Å². The van der Waals surface area contributed by atoms with Crippen LogP contribution in [-0.2, 0) is 6.54 Å². The molecule has 0 atom stereocenters. The maximum Gasteiger partial charge on any atom is 0.231 e. The molecule has 0 unspecified atom stereocenters. The smallest absolute Gasteiger partial charge is 0.231 e. The van der Waals surface area contributed by atoms with Crippen molar-refractivity contribution in [3.63, 3.8) is 0 Å². The van der Waals surface area contributed by atoms with Crippen molar-refractivity contribution in [2.75, 3.05) is 26.6 Å². The van der Waals surface area contributed by atoms with Gasteiger partial charge in [0, 0.05) is 24.1 Å². The van der Waals surface area contributed by atoms with Gasteiger partial charge in [-0.1, -0.05) is 19.1 Å². The average Bonchev–Trinajstić information content (AvgIpc) is 2.87. The van der Waals surface area contributed by atoms with Crippen molar-refractivity contribution < 1.29 is 19.7 Å². The molecular formula is C13H19NO4. The van der Waals surface area contributed by atoms with Crippen molar-refractivity contribution in [1.29, 1.82) is 0 Å². The van der Waals surface area contributed by atoms with Crippen LogP contribution in [0.3, 0.4) is 0 Å². The molecule has 100 valence electrons. The Labute approximate surface area is 106 Å². The highest BCUT2D eigenvalue weighted by Gasteiger charge is 2.22. The first-order valence-corrected chi connectivity index (χ1v) is 5.98. The average molecular weight is 253 g/mol. The van der Waals surface area contributed by atoms with E-state index in [1.807, 2.05) is 25.1 Å². The minimum Gasteiger partial charge on any atom is -0.454 e. The van der Waals surface area contributed by atoms with Gasteiger partial charge in [-0.2, -0.15) is 0 Å². The number of para-hydroxylation sites is 1. The molecule has 0 saturated heterocycles. The molecule has 1 aliphatic heterocycles. The van der Waals surface area contributed by atoms with E-state index in [1.165, 1.54) is 0 Å². The lowest BCUT2D eigenvalue weighted by molar-refractivity contribution is 0.0695. The SMILES string of the molecule is CC(CO)(CO)CNCc1cccc2c1OCO2. The van der Waals surface area contributed by atoms with Crippen LogP contribution in [-0.4, -0.2) is 36.8 Å². The van der Waals surface area contributed by atoms with E-state index in [2.05, 4.69) is 5.32 Å². The molecule has 0 fully saturated rings. The lowest BCUT2D eigenvalue weighted by atomic mass is 9.93. The third kappa shape index (κ3) is 2.75. The zero-order chi connectivity index (χ0) is 13.0. The summed E-state index contributed by atoms with van der Waals surface area (Å²) in [6, 6.07) is 5.76. The van der Waals surface area contributed by atoms with Gasteiger partial charge >= 0.3 is 0 Å². The Morgan fingerprint density at radius 2 is 2.06 bits per heavy atom. The summed E-state index contributed by atoms with van der Waals surface area (Å²) in [6.45, 7) is 3.13. The van der Waals surface area contributed by atoms with Crippen molar-refractivity contribution >= 4 is 0 Å². The summed E-state index contributed by atoms with van der Waals surface area (Å²) in [5.41, 5.74) is 0.512. The minimum absolute atomic E-state index is 0.0526. The molecule has 0 saturated carbocycles. The monoisotopic (exact) mass is 253 g/mol. The second-order valence-electron chi connectivity index (χ2n) is 4.88. The van der Waals surface area contributed by atoms with E-state index >= 15 is 0 Å². The lowest BCUT2D eigenvalue weighted by Gasteiger charge is -2.25. The van der Waals surface area contributed by atoms with Crippen LogP contribution in [0.1, 0.15) is 12.5 Å². The zero-order valence-corrected chi connectivity index (χ0v) is 10.5. The van der Waals surface area contributed by atoms with Crippen molar-refractivity contribution in [3.8, 4) is 11.5 Å². The normalized spacial score (nSPS) is 13.9. The van der Waals surface area contributed by atoms with Crippen LogP contribution in [0.5, 0.6) is 11.5 Å². The van der Waals surface area contributed by atoms with Gasteiger partial charge in [-0.25, -0.2) is 0 Å². The Morgan fingerprint density at radius 1 is 1.28 bits per heavy atom. The highest BCUT2D eigenvalue weighted by Crippen LogP contribution is 2.35. The van der Waals surface area contributed by atoms with Crippen molar-refractivity contribution in [1.82, 2.24) is 5.32 Å². The predicted molar refractivity (Wildman–Crippen MR) is 66.6 cm³/mol. The summed E-state index contributed by atoms with van der Waals surface area (Å²) in [5.74, 6) is 1.54. The fourth-order valence-corrected chi connectivity index (χ4v) is 1.79. The summed E-state index contributed by atoms with van der Waals surface area (Å²) >= 11 is 0. The predicted octanol–water partition coefficient (Wildman–Crippen LogP) is 0.496. The Hall–Kier alpha value is -1.30. The molecule has 0 bridgehead atoms. The topological polar surface area (TPSA) is 71.0 Å². The third-order valence-corrected chi connectivity index (χ3v) is 3.11. The van der Waals surface area contributed by atoms with Gasteiger partial charge in [-0.3, -0.25) is 0 Å². The molecule has 2 rings (SSSR count). The number of nitrogens with one attached hydrogen (secondary N) is 1. The van der Waals surface area contributed by atoms with E-state index in [9.17, 15) is 10.2 Å². The second-order valence-corrected chi connectivity index (χ2v) is 4.88. The number of aliphatic hydroxyl groups excluding tert-OH is 2. The van der Waals surface area contributed by atoms with Crippen LogP contribution in [0.15, 0.2) is 18.2 Å². The number of aliphatic hydroxyl groups is 2. The first kappa shape index (κ1) is 13.1. The molecule has 5 nitrogen and oxygen atoms in total. The number of benzene rings is 1. The first-order chi connectivity index (χ1) is 8.68. The molecule has 1 heterocycles. The molecule has 0 amide bonds. The number of rotatable bonds is 6. The van der Waals surface area contributed by atoms with Gasteiger partial charge in [-0.15, -0.1) is 0 Å². The van der Waals surface area contributed by atoms with E-state index < -0.39 is 5.41 Å². The van der Waals surface area contributed by atoms with Crippen LogP contribution in [0.2, 0.25) is 0 Å². The van der Waals surface area contributed by atoms with Gasteiger partial charge in [-0.05, 0) is 6.07 Å². The summed E-state index contributed by atoms with van der Waals surface area (Å²) in [4.78, 5) is 0. The molecule has 3 N–H and O–H groups in total. The Balaban J connectivity index is 1.93. The first-order valence-electron chi connectivity index (χ1n) is 5.98. The molecule has 0 spiro atoms. The Morgan fingerprint density at radius 3 is 2.78 bits per heavy atom. The van der Waals surface area contributed by atoms with E-state index in [-0.39, 0.29) is 20.0 Å². The number of fused-ring (bicyclic) bond motifs is 1. The zero-order valence-electron chi connectivity index (χ0n) is 10.5. The van der Waals surface area contributed by atoms with Crippen LogP contribution >= 0.6 is 0 Å².